The second kappa shape index (κ2) is 5.52. The zero-order valence-electron chi connectivity index (χ0n) is 12.1. The summed E-state index contributed by atoms with van der Waals surface area (Å²) >= 11 is 0. The number of benzene rings is 1. The highest BCUT2D eigenvalue weighted by molar-refractivity contribution is 5.56. The lowest BCUT2D eigenvalue weighted by Gasteiger charge is -2.18. The molecule has 0 spiro atoms. The van der Waals surface area contributed by atoms with E-state index in [9.17, 15) is 13.2 Å². The molecule has 1 N–H and O–H groups in total. The van der Waals surface area contributed by atoms with E-state index in [4.69, 9.17) is 4.42 Å². The van der Waals surface area contributed by atoms with Gasteiger partial charge < -0.3 is 9.73 Å². The maximum Gasteiger partial charge on any atom is 0.416 e. The van der Waals surface area contributed by atoms with Crippen molar-refractivity contribution in [2.45, 2.75) is 39.0 Å². The van der Waals surface area contributed by atoms with E-state index in [2.05, 4.69) is 10.3 Å². The summed E-state index contributed by atoms with van der Waals surface area (Å²) in [6.45, 7) is 6.52. The van der Waals surface area contributed by atoms with Crippen molar-refractivity contribution in [3.63, 3.8) is 0 Å². The minimum absolute atomic E-state index is 0.0665. The Kier molecular flexibility index (Phi) is 4.09. The van der Waals surface area contributed by atoms with Crippen molar-refractivity contribution >= 4 is 0 Å². The highest BCUT2D eigenvalue weighted by Crippen LogP contribution is 2.31. The molecule has 0 aliphatic rings. The van der Waals surface area contributed by atoms with Crippen molar-refractivity contribution in [3.8, 4) is 11.3 Å². The van der Waals surface area contributed by atoms with Gasteiger partial charge in [-0.25, -0.2) is 4.98 Å². The summed E-state index contributed by atoms with van der Waals surface area (Å²) in [5.74, 6) is 0.953. The van der Waals surface area contributed by atoms with Crippen LogP contribution in [0.1, 0.15) is 32.2 Å². The van der Waals surface area contributed by atoms with Crippen LogP contribution in [-0.2, 0) is 12.7 Å². The summed E-state index contributed by atoms with van der Waals surface area (Å²) in [6.07, 6.45) is -2.82. The van der Waals surface area contributed by atoms with E-state index in [1.807, 2.05) is 20.8 Å². The molecular formula is C15H17F3N2O. The van der Waals surface area contributed by atoms with E-state index in [-0.39, 0.29) is 5.54 Å². The van der Waals surface area contributed by atoms with Gasteiger partial charge in [0.1, 0.15) is 0 Å². The fourth-order valence-corrected chi connectivity index (χ4v) is 1.69. The molecule has 0 aliphatic heterocycles. The minimum atomic E-state index is -4.33. The first-order chi connectivity index (χ1) is 9.65. The molecule has 2 aromatic rings. The van der Waals surface area contributed by atoms with Gasteiger partial charge in [0.2, 0.25) is 5.89 Å². The largest absolute Gasteiger partial charge is 0.439 e. The Balaban J connectivity index is 2.11. The average molecular weight is 298 g/mol. The Labute approximate surface area is 121 Å². The fourth-order valence-electron chi connectivity index (χ4n) is 1.69. The second-order valence-electron chi connectivity index (χ2n) is 5.80. The van der Waals surface area contributed by atoms with Crippen molar-refractivity contribution in [2.24, 2.45) is 0 Å². The molecule has 2 rings (SSSR count). The number of rotatable bonds is 3. The smallest absolute Gasteiger partial charge is 0.416 e. The Bertz CT molecular complexity index is 595. The number of halogens is 3. The number of hydrogen-bond donors (Lipinski definition) is 1. The number of alkyl halides is 3. The summed E-state index contributed by atoms with van der Waals surface area (Å²) in [5.41, 5.74) is -0.180. The Morgan fingerprint density at radius 1 is 1.10 bits per heavy atom. The molecule has 0 aliphatic carbocycles. The first-order valence-corrected chi connectivity index (χ1v) is 6.52. The maximum absolute atomic E-state index is 12.5. The Morgan fingerprint density at radius 2 is 1.71 bits per heavy atom. The van der Waals surface area contributed by atoms with E-state index in [1.54, 1.807) is 0 Å². The van der Waals surface area contributed by atoms with E-state index in [1.165, 1.54) is 18.3 Å². The Hall–Kier alpha value is -1.82. The van der Waals surface area contributed by atoms with Gasteiger partial charge in [-0.15, -0.1) is 0 Å². The lowest BCUT2D eigenvalue weighted by molar-refractivity contribution is -0.137. The van der Waals surface area contributed by atoms with Crippen LogP contribution in [0.25, 0.3) is 11.3 Å². The third kappa shape index (κ3) is 4.32. The quantitative estimate of drug-likeness (QED) is 0.920. The summed E-state index contributed by atoms with van der Waals surface area (Å²) in [7, 11) is 0. The fraction of sp³-hybridized carbons (Fsp3) is 0.400. The van der Waals surface area contributed by atoms with Gasteiger partial charge in [0.25, 0.3) is 0 Å². The molecule has 0 fully saturated rings. The third-order valence-electron chi connectivity index (χ3n) is 2.82. The van der Waals surface area contributed by atoms with Crippen LogP contribution in [0.15, 0.2) is 34.9 Å². The molecular weight excluding hydrogens is 281 g/mol. The number of hydrogen-bond acceptors (Lipinski definition) is 3. The van der Waals surface area contributed by atoms with Crippen molar-refractivity contribution in [1.82, 2.24) is 10.3 Å². The summed E-state index contributed by atoms with van der Waals surface area (Å²) in [5, 5.41) is 3.23. The van der Waals surface area contributed by atoms with Crippen LogP contribution < -0.4 is 5.32 Å². The molecule has 21 heavy (non-hydrogen) atoms. The van der Waals surface area contributed by atoms with Gasteiger partial charge in [-0.2, -0.15) is 13.2 Å². The SMILES string of the molecule is CC(C)(C)NCc1ncc(-c2ccc(C(F)(F)F)cc2)o1. The monoisotopic (exact) mass is 298 g/mol. The van der Waals surface area contributed by atoms with E-state index >= 15 is 0 Å². The van der Waals surface area contributed by atoms with Crippen LogP contribution in [0, 0.1) is 0 Å². The minimum Gasteiger partial charge on any atom is -0.439 e. The predicted octanol–water partition coefficient (Wildman–Crippen LogP) is 4.25. The van der Waals surface area contributed by atoms with Crippen LogP contribution in [-0.4, -0.2) is 10.5 Å². The molecule has 1 aromatic carbocycles. The molecule has 0 unspecified atom stereocenters. The molecule has 0 bridgehead atoms. The van der Waals surface area contributed by atoms with Crippen LogP contribution in [0.2, 0.25) is 0 Å². The molecule has 0 amide bonds. The Morgan fingerprint density at radius 3 is 2.24 bits per heavy atom. The van der Waals surface area contributed by atoms with Crippen molar-refractivity contribution in [3.05, 3.63) is 41.9 Å². The second-order valence-corrected chi connectivity index (χ2v) is 5.80. The number of oxazole rings is 1. The van der Waals surface area contributed by atoms with E-state index in [0.29, 0.717) is 23.8 Å². The lowest BCUT2D eigenvalue weighted by Crippen LogP contribution is -2.35. The highest BCUT2D eigenvalue weighted by Gasteiger charge is 2.30. The van der Waals surface area contributed by atoms with Gasteiger partial charge in [-0.1, -0.05) is 12.1 Å². The predicted molar refractivity (Wildman–Crippen MR) is 73.5 cm³/mol. The molecule has 0 atom stereocenters. The van der Waals surface area contributed by atoms with Gasteiger partial charge in [0.05, 0.1) is 18.3 Å². The van der Waals surface area contributed by atoms with Crippen LogP contribution >= 0.6 is 0 Å². The number of nitrogens with one attached hydrogen (secondary N) is 1. The van der Waals surface area contributed by atoms with Crippen molar-refractivity contribution in [2.75, 3.05) is 0 Å². The van der Waals surface area contributed by atoms with Crippen LogP contribution in [0.4, 0.5) is 13.2 Å². The molecule has 1 aromatic heterocycles. The van der Waals surface area contributed by atoms with E-state index in [0.717, 1.165) is 12.1 Å². The zero-order valence-corrected chi connectivity index (χ0v) is 12.1. The van der Waals surface area contributed by atoms with Crippen molar-refractivity contribution in [1.29, 1.82) is 0 Å². The van der Waals surface area contributed by atoms with Crippen LogP contribution in [0.3, 0.4) is 0 Å². The molecule has 3 nitrogen and oxygen atoms in total. The van der Waals surface area contributed by atoms with E-state index < -0.39 is 11.7 Å². The van der Waals surface area contributed by atoms with Gasteiger partial charge in [-0.05, 0) is 32.9 Å². The van der Waals surface area contributed by atoms with Gasteiger partial charge >= 0.3 is 6.18 Å². The molecule has 0 saturated carbocycles. The molecule has 0 saturated heterocycles. The highest BCUT2D eigenvalue weighted by atomic mass is 19.4. The molecule has 1 heterocycles. The third-order valence-corrected chi connectivity index (χ3v) is 2.82. The number of aromatic nitrogens is 1. The van der Waals surface area contributed by atoms with Gasteiger partial charge in [0, 0.05) is 11.1 Å². The standard InChI is InChI=1S/C15H17F3N2O/c1-14(2,3)20-9-13-19-8-12(21-13)10-4-6-11(7-5-10)15(16,17)18/h4-8,20H,9H2,1-3H3. The molecule has 0 radical (unpaired) electrons. The zero-order chi connectivity index (χ0) is 15.7. The molecule has 114 valence electrons. The first-order valence-electron chi connectivity index (χ1n) is 6.52. The summed E-state index contributed by atoms with van der Waals surface area (Å²) in [4.78, 5) is 4.12. The molecule has 6 heteroatoms. The van der Waals surface area contributed by atoms with Crippen molar-refractivity contribution < 1.29 is 17.6 Å². The average Bonchev–Trinajstić information content (AvgIpc) is 2.83. The van der Waals surface area contributed by atoms with Gasteiger partial charge in [0.15, 0.2) is 5.76 Å². The maximum atomic E-state index is 12.5. The summed E-state index contributed by atoms with van der Waals surface area (Å²) < 4.78 is 43.0. The van der Waals surface area contributed by atoms with Crippen LogP contribution in [0.5, 0.6) is 0 Å². The summed E-state index contributed by atoms with van der Waals surface area (Å²) in [6, 6.07) is 4.82. The van der Waals surface area contributed by atoms with Gasteiger partial charge in [-0.3, -0.25) is 0 Å². The number of nitrogens with zero attached hydrogens (tertiary/aromatic N) is 1. The first kappa shape index (κ1) is 15.6. The normalized spacial score (nSPS) is 12.7. The lowest BCUT2D eigenvalue weighted by atomic mass is 10.1. The topological polar surface area (TPSA) is 38.1 Å².